The summed E-state index contributed by atoms with van der Waals surface area (Å²) in [6.07, 6.45) is 5.15. The fourth-order valence-corrected chi connectivity index (χ4v) is 2.59. The fourth-order valence-electron chi connectivity index (χ4n) is 2.37. The first kappa shape index (κ1) is 21.9. The molecule has 0 spiro atoms. The molecule has 0 aromatic heterocycles. The molecule has 6 nitrogen and oxygen atoms in total. The van der Waals surface area contributed by atoms with Crippen LogP contribution in [0.1, 0.15) is 28.8 Å². The van der Waals surface area contributed by atoms with E-state index in [0.29, 0.717) is 0 Å². The van der Waals surface area contributed by atoms with E-state index in [1.54, 1.807) is 36.4 Å². The van der Waals surface area contributed by atoms with Crippen LogP contribution >= 0.6 is 11.6 Å². The molecule has 0 unspecified atom stereocenters. The third-order valence-corrected chi connectivity index (χ3v) is 4.15. The van der Waals surface area contributed by atoms with Gasteiger partial charge in [-0.25, -0.2) is 0 Å². The number of halogens is 1. The van der Waals surface area contributed by atoms with Crippen molar-refractivity contribution in [3.8, 4) is 0 Å². The van der Waals surface area contributed by atoms with Gasteiger partial charge >= 0.3 is 5.97 Å². The molecule has 2 aromatic carbocycles. The number of carboxylic acid groups (broad SMARTS) is 1. The van der Waals surface area contributed by atoms with Crippen molar-refractivity contribution in [1.82, 2.24) is 10.6 Å². The molecule has 2 rings (SSSR count). The van der Waals surface area contributed by atoms with Gasteiger partial charge in [0.25, 0.3) is 11.8 Å². The summed E-state index contributed by atoms with van der Waals surface area (Å²) in [5.41, 5.74) is 1.20. The molecule has 0 fully saturated rings. The van der Waals surface area contributed by atoms with Crippen molar-refractivity contribution in [2.45, 2.75) is 12.8 Å². The molecule has 7 heteroatoms. The number of aliphatic carboxylic acids is 1. The molecule has 0 bridgehead atoms. The lowest BCUT2D eigenvalue weighted by molar-refractivity contribution is -0.137. The molecule has 0 aliphatic heterocycles. The van der Waals surface area contributed by atoms with Gasteiger partial charge in [0.1, 0.15) is 5.70 Å². The number of carbonyl (C=O) groups excluding carboxylic acids is 2. The number of benzene rings is 2. The molecule has 0 saturated carbocycles. The standard InChI is InChI=1S/C22H21ClN2O4/c23-18-12-5-4-11-17(18)21(28)25-19(22(29)24-15-7-14-20(26)27)13-6-10-16-8-2-1-3-9-16/h1-6,8-13H,7,14-15H2,(H,24,29)(H,25,28)(H,26,27)/b10-6+,19-13-. The highest BCUT2D eigenvalue weighted by atomic mass is 35.5. The molecular weight excluding hydrogens is 392 g/mol. The van der Waals surface area contributed by atoms with E-state index in [0.717, 1.165) is 5.56 Å². The average molecular weight is 413 g/mol. The van der Waals surface area contributed by atoms with E-state index in [2.05, 4.69) is 10.6 Å². The number of rotatable bonds is 9. The number of hydrogen-bond acceptors (Lipinski definition) is 3. The first-order chi connectivity index (χ1) is 14.0. The monoisotopic (exact) mass is 412 g/mol. The quantitative estimate of drug-likeness (QED) is 0.333. The van der Waals surface area contributed by atoms with Crippen molar-refractivity contribution < 1.29 is 19.5 Å². The van der Waals surface area contributed by atoms with Crippen LogP contribution in [0.15, 0.2) is 72.4 Å². The fraction of sp³-hybridized carbons (Fsp3) is 0.136. The van der Waals surface area contributed by atoms with Crippen molar-refractivity contribution in [3.05, 3.63) is 88.6 Å². The highest BCUT2D eigenvalue weighted by molar-refractivity contribution is 6.34. The van der Waals surface area contributed by atoms with Gasteiger partial charge in [0.15, 0.2) is 0 Å². The summed E-state index contributed by atoms with van der Waals surface area (Å²) >= 11 is 6.05. The summed E-state index contributed by atoms with van der Waals surface area (Å²) in [4.78, 5) is 35.6. The van der Waals surface area contributed by atoms with Crippen molar-refractivity contribution in [2.75, 3.05) is 6.54 Å². The number of amides is 2. The smallest absolute Gasteiger partial charge is 0.303 e. The van der Waals surface area contributed by atoms with Gasteiger partial charge in [0.05, 0.1) is 10.6 Å². The molecule has 0 saturated heterocycles. The lowest BCUT2D eigenvalue weighted by atomic mass is 10.2. The second kappa shape index (κ2) is 11.5. The van der Waals surface area contributed by atoms with E-state index in [-0.39, 0.29) is 35.7 Å². The minimum atomic E-state index is -0.937. The van der Waals surface area contributed by atoms with Crippen LogP contribution in [0.5, 0.6) is 0 Å². The maximum Gasteiger partial charge on any atom is 0.303 e. The first-order valence-corrected chi connectivity index (χ1v) is 9.34. The Labute approximate surface area is 173 Å². The van der Waals surface area contributed by atoms with Crippen molar-refractivity contribution in [2.24, 2.45) is 0 Å². The predicted octanol–water partition coefficient (Wildman–Crippen LogP) is 3.65. The van der Waals surface area contributed by atoms with Crippen LogP contribution in [-0.2, 0) is 9.59 Å². The Balaban J connectivity index is 2.13. The number of hydrogen-bond donors (Lipinski definition) is 3. The average Bonchev–Trinajstić information content (AvgIpc) is 2.71. The number of nitrogens with one attached hydrogen (secondary N) is 2. The van der Waals surface area contributed by atoms with Crippen LogP contribution in [0, 0.1) is 0 Å². The summed E-state index contributed by atoms with van der Waals surface area (Å²) < 4.78 is 0. The van der Waals surface area contributed by atoms with Gasteiger partial charge in [-0.15, -0.1) is 0 Å². The maximum absolute atomic E-state index is 12.5. The van der Waals surface area contributed by atoms with Crippen LogP contribution in [0.25, 0.3) is 6.08 Å². The first-order valence-electron chi connectivity index (χ1n) is 8.96. The van der Waals surface area contributed by atoms with E-state index in [1.807, 2.05) is 30.3 Å². The van der Waals surface area contributed by atoms with Gasteiger partial charge in [-0.2, -0.15) is 0 Å². The van der Waals surface area contributed by atoms with Gasteiger partial charge < -0.3 is 15.7 Å². The molecule has 0 aliphatic carbocycles. The van der Waals surface area contributed by atoms with Gasteiger partial charge in [-0.05, 0) is 30.2 Å². The Morgan fingerprint density at radius 1 is 1.00 bits per heavy atom. The SMILES string of the molecule is O=C(O)CCCNC(=O)/C(=C/C=C/c1ccccc1)NC(=O)c1ccccc1Cl. The van der Waals surface area contributed by atoms with E-state index in [4.69, 9.17) is 16.7 Å². The summed E-state index contributed by atoms with van der Waals surface area (Å²) in [5.74, 6) is -1.98. The van der Waals surface area contributed by atoms with E-state index >= 15 is 0 Å². The zero-order valence-corrected chi connectivity index (χ0v) is 16.4. The summed E-state index contributed by atoms with van der Waals surface area (Å²) in [6.45, 7) is 0.173. The van der Waals surface area contributed by atoms with Crippen LogP contribution in [0.3, 0.4) is 0 Å². The molecule has 2 aromatic rings. The Kier molecular flexibility index (Phi) is 8.66. The normalized spacial score (nSPS) is 11.3. The van der Waals surface area contributed by atoms with E-state index in [9.17, 15) is 14.4 Å². The largest absolute Gasteiger partial charge is 0.481 e. The van der Waals surface area contributed by atoms with E-state index < -0.39 is 17.8 Å². The Hall–Kier alpha value is -3.38. The van der Waals surface area contributed by atoms with Gasteiger partial charge in [0, 0.05) is 13.0 Å². The third-order valence-electron chi connectivity index (χ3n) is 3.82. The van der Waals surface area contributed by atoms with E-state index in [1.165, 1.54) is 6.08 Å². The molecular formula is C22H21ClN2O4. The van der Waals surface area contributed by atoms with Crippen LogP contribution < -0.4 is 10.6 Å². The lowest BCUT2D eigenvalue weighted by Crippen LogP contribution is -2.35. The zero-order chi connectivity index (χ0) is 21.1. The van der Waals surface area contributed by atoms with Crippen LogP contribution in [0.4, 0.5) is 0 Å². The molecule has 2 amide bonds. The zero-order valence-electron chi connectivity index (χ0n) is 15.6. The Morgan fingerprint density at radius 3 is 2.38 bits per heavy atom. The highest BCUT2D eigenvalue weighted by Gasteiger charge is 2.15. The summed E-state index contributed by atoms with van der Waals surface area (Å²) in [7, 11) is 0. The highest BCUT2D eigenvalue weighted by Crippen LogP contribution is 2.15. The number of allylic oxidation sites excluding steroid dienone is 2. The van der Waals surface area contributed by atoms with Gasteiger partial charge in [-0.3, -0.25) is 14.4 Å². The van der Waals surface area contributed by atoms with Crippen molar-refractivity contribution in [1.29, 1.82) is 0 Å². The molecule has 0 atom stereocenters. The molecule has 3 N–H and O–H groups in total. The molecule has 150 valence electrons. The van der Waals surface area contributed by atoms with Crippen LogP contribution in [0.2, 0.25) is 5.02 Å². The second-order valence-electron chi connectivity index (χ2n) is 6.04. The minimum absolute atomic E-state index is 0.0254. The number of carboxylic acids is 1. The Bertz CT molecular complexity index is 923. The third kappa shape index (κ3) is 7.63. The maximum atomic E-state index is 12.5. The number of carbonyl (C=O) groups is 3. The topological polar surface area (TPSA) is 95.5 Å². The van der Waals surface area contributed by atoms with Crippen LogP contribution in [-0.4, -0.2) is 29.4 Å². The molecule has 0 heterocycles. The molecule has 0 radical (unpaired) electrons. The Morgan fingerprint density at radius 2 is 1.69 bits per heavy atom. The lowest BCUT2D eigenvalue weighted by Gasteiger charge is -2.11. The second-order valence-corrected chi connectivity index (χ2v) is 6.44. The molecule has 0 aliphatic rings. The molecule has 29 heavy (non-hydrogen) atoms. The van der Waals surface area contributed by atoms with Gasteiger partial charge in [0.2, 0.25) is 0 Å². The minimum Gasteiger partial charge on any atom is -0.481 e. The van der Waals surface area contributed by atoms with Gasteiger partial charge in [-0.1, -0.05) is 66.2 Å². The summed E-state index contributed by atoms with van der Waals surface area (Å²) in [6, 6.07) is 16.0. The summed E-state index contributed by atoms with van der Waals surface area (Å²) in [5, 5.41) is 14.1. The van der Waals surface area contributed by atoms with Crippen molar-refractivity contribution in [3.63, 3.8) is 0 Å². The van der Waals surface area contributed by atoms with Crippen molar-refractivity contribution >= 4 is 35.5 Å². The predicted molar refractivity (Wildman–Crippen MR) is 112 cm³/mol.